The lowest BCUT2D eigenvalue weighted by molar-refractivity contribution is 0.0982. The second kappa shape index (κ2) is 7.12. The molecule has 1 heterocycles. The molecule has 0 fully saturated rings. The third kappa shape index (κ3) is 3.82. The summed E-state index contributed by atoms with van der Waals surface area (Å²) in [5.41, 5.74) is 0.818. The molecule has 0 radical (unpaired) electrons. The SMILES string of the molecule is O=C(NC(=S)Nc1ccc(I)cc1)c1sc2ccccc2c1Cl. The Balaban J connectivity index is 1.73. The van der Waals surface area contributed by atoms with Crippen LogP contribution in [0, 0.1) is 3.57 Å². The summed E-state index contributed by atoms with van der Waals surface area (Å²) in [6.07, 6.45) is 0. The number of amides is 1. The smallest absolute Gasteiger partial charge is 0.269 e. The topological polar surface area (TPSA) is 41.1 Å². The fourth-order valence-corrected chi connectivity index (χ4v) is 4.00. The van der Waals surface area contributed by atoms with Gasteiger partial charge in [-0.25, -0.2) is 0 Å². The van der Waals surface area contributed by atoms with Crippen LogP contribution in [0.1, 0.15) is 9.67 Å². The molecule has 116 valence electrons. The summed E-state index contributed by atoms with van der Waals surface area (Å²) in [6, 6.07) is 15.3. The van der Waals surface area contributed by atoms with Gasteiger partial charge in [0, 0.05) is 19.3 Å². The number of hydrogen-bond donors (Lipinski definition) is 2. The van der Waals surface area contributed by atoms with Gasteiger partial charge in [0.15, 0.2) is 5.11 Å². The van der Waals surface area contributed by atoms with Crippen molar-refractivity contribution in [1.29, 1.82) is 0 Å². The van der Waals surface area contributed by atoms with Gasteiger partial charge in [0.25, 0.3) is 5.91 Å². The van der Waals surface area contributed by atoms with Crippen LogP contribution in [0.15, 0.2) is 48.5 Å². The van der Waals surface area contributed by atoms with Crippen LogP contribution in [0.2, 0.25) is 5.02 Å². The summed E-state index contributed by atoms with van der Waals surface area (Å²) < 4.78 is 2.10. The lowest BCUT2D eigenvalue weighted by atomic mass is 10.2. The Bertz CT molecular complexity index is 893. The van der Waals surface area contributed by atoms with E-state index in [1.165, 1.54) is 11.3 Å². The van der Waals surface area contributed by atoms with Gasteiger partial charge in [-0.15, -0.1) is 11.3 Å². The van der Waals surface area contributed by atoms with Gasteiger partial charge in [-0.1, -0.05) is 29.8 Å². The Morgan fingerprint density at radius 2 is 1.83 bits per heavy atom. The summed E-state index contributed by atoms with van der Waals surface area (Å²) >= 11 is 15.1. The number of benzene rings is 2. The molecule has 2 N–H and O–H groups in total. The predicted octanol–water partition coefficient (Wildman–Crippen LogP) is 5.29. The van der Waals surface area contributed by atoms with Gasteiger partial charge in [-0.3, -0.25) is 10.1 Å². The molecular weight excluding hydrogens is 463 g/mol. The Kier molecular flexibility index (Phi) is 5.15. The fourth-order valence-electron chi connectivity index (χ4n) is 2.02. The fraction of sp³-hybridized carbons (Fsp3) is 0. The first-order valence-corrected chi connectivity index (χ1v) is 9.27. The summed E-state index contributed by atoms with van der Waals surface area (Å²) in [4.78, 5) is 12.8. The highest BCUT2D eigenvalue weighted by Crippen LogP contribution is 2.34. The zero-order valence-electron chi connectivity index (χ0n) is 11.6. The average molecular weight is 473 g/mol. The quantitative estimate of drug-likeness (QED) is 0.393. The minimum atomic E-state index is -0.306. The number of fused-ring (bicyclic) bond motifs is 1. The van der Waals surface area contributed by atoms with E-state index in [2.05, 4.69) is 33.2 Å². The first-order valence-electron chi connectivity index (χ1n) is 6.59. The van der Waals surface area contributed by atoms with E-state index in [1.807, 2.05) is 48.5 Å². The van der Waals surface area contributed by atoms with Crippen molar-refractivity contribution < 1.29 is 4.79 Å². The second-order valence-electron chi connectivity index (χ2n) is 4.66. The Morgan fingerprint density at radius 1 is 1.13 bits per heavy atom. The molecule has 0 bridgehead atoms. The highest BCUT2D eigenvalue weighted by atomic mass is 127. The minimum Gasteiger partial charge on any atom is -0.332 e. The minimum absolute atomic E-state index is 0.240. The highest BCUT2D eigenvalue weighted by molar-refractivity contribution is 14.1. The number of anilines is 1. The van der Waals surface area contributed by atoms with Gasteiger partial charge in [0.05, 0.1) is 5.02 Å². The third-order valence-electron chi connectivity index (χ3n) is 3.07. The molecule has 0 unspecified atom stereocenters. The van der Waals surface area contributed by atoms with Crippen LogP contribution in [-0.4, -0.2) is 11.0 Å². The lowest BCUT2D eigenvalue weighted by Crippen LogP contribution is -2.33. The van der Waals surface area contributed by atoms with E-state index in [1.54, 1.807) is 0 Å². The van der Waals surface area contributed by atoms with Crippen molar-refractivity contribution in [3.8, 4) is 0 Å². The van der Waals surface area contributed by atoms with Crippen LogP contribution in [0.5, 0.6) is 0 Å². The van der Waals surface area contributed by atoms with Crippen LogP contribution < -0.4 is 10.6 Å². The van der Waals surface area contributed by atoms with Crippen molar-refractivity contribution in [3.63, 3.8) is 0 Å². The molecule has 7 heteroatoms. The van der Waals surface area contributed by atoms with E-state index < -0.39 is 0 Å². The van der Waals surface area contributed by atoms with Crippen LogP contribution in [-0.2, 0) is 0 Å². The summed E-state index contributed by atoms with van der Waals surface area (Å²) in [6.45, 7) is 0. The largest absolute Gasteiger partial charge is 0.332 e. The molecule has 1 amide bonds. The predicted molar refractivity (Wildman–Crippen MR) is 110 cm³/mol. The standard InChI is InChI=1S/C16H10ClIN2OS2/c17-13-11-3-1-2-4-12(11)23-14(13)15(21)20-16(22)19-10-7-5-9(18)6-8-10/h1-8H,(H2,19,20,21,22). The van der Waals surface area contributed by atoms with Gasteiger partial charge >= 0.3 is 0 Å². The number of hydrogen-bond acceptors (Lipinski definition) is 3. The van der Waals surface area contributed by atoms with E-state index in [0.717, 1.165) is 19.3 Å². The molecule has 1 aromatic heterocycles. The molecule has 2 aromatic carbocycles. The molecule has 3 rings (SSSR count). The molecule has 0 saturated carbocycles. The molecule has 0 aliphatic carbocycles. The molecular formula is C16H10ClIN2OS2. The summed E-state index contributed by atoms with van der Waals surface area (Å²) in [5, 5.41) is 7.22. The maximum absolute atomic E-state index is 12.4. The van der Waals surface area contributed by atoms with Crippen LogP contribution >= 0.6 is 57.7 Å². The number of nitrogens with one attached hydrogen (secondary N) is 2. The first kappa shape index (κ1) is 16.6. The number of thiocarbonyl (C=S) groups is 1. The van der Waals surface area contributed by atoms with E-state index in [4.69, 9.17) is 23.8 Å². The molecule has 3 aromatic rings. The van der Waals surface area contributed by atoms with E-state index in [0.29, 0.717) is 9.90 Å². The highest BCUT2D eigenvalue weighted by Gasteiger charge is 2.17. The first-order chi connectivity index (χ1) is 11.0. The number of thiophene rings is 1. The average Bonchev–Trinajstić information content (AvgIpc) is 2.87. The molecule has 23 heavy (non-hydrogen) atoms. The Morgan fingerprint density at radius 3 is 2.52 bits per heavy atom. The molecule has 0 aliphatic heterocycles. The summed E-state index contributed by atoms with van der Waals surface area (Å²) in [7, 11) is 0. The van der Waals surface area contributed by atoms with Gasteiger partial charge in [-0.05, 0) is 65.1 Å². The van der Waals surface area contributed by atoms with Crippen molar-refractivity contribution in [1.82, 2.24) is 5.32 Å². The van der Waals surface area contributed by atoms with Crippen LogP contribution in [0.3, 0.4) is 0 Å². The van der Waals surface area contributed by atoms with E-state index in [9.17, 15) is 4.79 Å². The third-order valence-corrected chi connectivity index (χ3v) is 5.67. The normalized spacial score (nSPS) is 10.5. The second-order valence-corrected chi connectivity index (χ2v) is 7.74. The Hall–Kier alpha value is -1.22. The van der Waals surface area contributed by atoms with Crippen molar-refractivity contribution in [2.45, 2.75) is 0 Å². The molecule has 0 spiro atoms. The van der Waals surface area contributed by atoms with Crippen molar-refractivity contribution in [2.75, 3.05) is 5.32 Å². The Labute approximate surface area is 161 Å². The molecule has 0 aliphatic rings. The van der Waals surface area contributed by atoms with Crippen LogP contribution in [0.25, 0.3) is 10.1 Å². The van der Waals surface area contributed by atoms with Crippen molar-refractivity contribution in [2.24, 2.45) is 0 Å². The van der Waals surface area contributed by atoms with Gasteiger partial charge < -0.3 is 5.32 Å². The van der Waals surface area contributed by atoms with E-state index in [-0.39, 0.29) is 11.0 Å². The number of carbonyl (C=O) groups excluding carboxylic acids is 1. The van der Waals surface area contributed by atoms with Crippen LogP contribution in [0.4, 0.5) is 5.69 Å². The lowest BCUT2D eigenvalue weighted by Gasteiger charge is -2.09. The monoisotopic (exact) mass is 472 g/mol. The number of rotatable bonds is 2. The zero-order chi connectivity index (χ0) is 16.4. The summed E-state index contributed by atoms with van der Waals surface area (Å²) in [5.74, 6) is -0.306. The van der Waals surface area contributed by atoms with E-state index >= 15 is 0 Å². The maximum Gasteiger partial charge on any atom is 0.269 e. The molecule has 3 nitrogen and oxygen atoms in total. The maximum atomic E-state index is 12.4. The number of carbonyl (C=O) groups is 1. The zero-order valence-corrected chi connectivity index (χ0v) is 16.1. The van der Waals surface area contributed by atoms with Crippen molar-refractivity contribution >= 4 is 84.5 Å². The number of halogens is 2. The molecule has 0 atom stereocenters. The van der Waals surface area contributed by atoms with Gasteiger partial charge in [0.2, 0.25) is 0 Å². The van der Waals surface area contributed by atoms with Gasteiger partial charge in [-0.2, -0.15) is 0 Å². The van der Waals surface area contributed by atoms with Gasteiger partial charge in [0.1, 0.15) is 4.88 Å². The molecule has 0 saturated heterocycles. The van der Waals surface area contributed by atoms with Crippen molar-refractivity contribution in [3.05, 3.63) is 62.0 Å².